The molecule has 0 amide bonds. The summed E-state index contributed by atoms with van der Waals surface area (Å²) in [6.45, 7) is 9.27. The zero-order valence-corrected chi connectivity index (χ0v) is 20.1. The fraction of sp³-hybridized carbons (Fsp3) is 0.538. The molecule has 0 aliphatic carbocycles. The van der Waals surface area contributed by atoms with Crippen LogP contribution in [-0.2, 0) is 23.8 Å². The average molecular weight is 431 g/mol. The van der Waals surface area contributed by atoms with E-state index in [1.54, 1.807) is 0 Å². The summed E-state index contributed by atoms with van der Waals surface area (Å²) in [6.07, 6.45) is 9.87. The first-order chi connectivity index (χ1) is 14.7. The Hall–Kier alpha value is -1.41. The molecule has 0 saturated heterocycles. The van der Waals surface area contributed by atoms with Gasteiger partial charge in [0.05, 0.1) is 6.61 Å². The normalized spacial score (nSPS) is 12.2. The quantitative estimate of drug-likeness (QED) is 0.244. The molecule has 0 saturated carbocycles. The summed E-state index contributed by atoms with van der Waals surface area (Å²) in [6, 6.07) is 12.7. The monoisotopic (exact) mass is 430 g/mol. The largest absolute Gasteiger partial charge is 0.426 e. The maximum absolute atomic E-state index is 10.5. The van der Waals surface area contributed by atoms with Crippen molar-refractivity contribution in [2.75, 3.05) is 6.61 Å². The number of hydrogen-bond acceptors (Lipinski definition) is 3. The van der Waals surface area contributed by atoms with Crippen LogP contribution in [0.5, 0.6) is 5.75 Å². The second-order valence-electron chi connectivity index (χ2n) is 7.73. The highest BCUT2D eigenvalue weighted by atomic mass is 31.2. The van der Waals surface area contributed by atoms with Gasteiger partial charge in [0.25, 0.3) is 0 Å². The van der Waals surface area contributed by atoms with Gasteiger partial charge in [-0.2, -0.15) is 0 Å². The van der Waals surface area contributed by atoms with Gasteiger partial charge in [0.1, 0.15) is 5.75 Å². The fourth-order valence-electron chi connectivity index (χ4n) is 3.94. The Balaban J connectivity index is 2.16. The van der Waals surface area contributed by atoms with Gasteiger partial charge in [0, 0.05) is 5.56 Å². The van der Waals surface area contributed by atoms with E-state index in [1.807, 2.05) is 6.07 Å². The lowest BCUT2D eigenvalue weighted by atomic mass is 9.88. The minimum absolute atomic E-state index is 0.551. The maximum Gasteiger partial charge on any atom is 0.394 e. The first-order valence-electron chi connectivity index (χ1n) is 11.7. The van der Waals surface area contributed by atoms with Crippen molar-refractivity contribution in [1.82, 2.24) is 0 Å². The molecule has 0 aromatic heterocycles. The Morgan fingerprint density at radius 1 is 0.800 bits per heavy atom. The van der Waals surface area contributed by atoms with Crippen LogP contribution >= 0.6 is 8.60 Å². The van der Waals surface area contributed by atoms with Crippen molar-refractivity contribution in [2.45, 2.75) is 85.5 Å². The standard InChI is InChI=1S/C26H39O3P/c1-5-9-10-11-12-16-19-28-30(27)29-26-22(7-3)20-21(6-2)25(24(26)8-4)23-17-14-13-15-18-23/h13-15,17-18,20,27H,5-12,16,19H2,1-4H3. The summed E-state index contributed by atoms with van der Waals surface area (Å²) < 4.78 is 11.7. The van der Waals surface area contributed by atoms with Crippen LogP contribution in [0.2, 0.25) is 0 Å². The second kappa shape index (κ2) is 13.8. The van der Waals surface area contributed by atoms with Crippen molar-refractivity contribution in [3.05, 3.63) is 53.1 Å². The zero-order chi connectivity index (χ0) is 21.8. The molecular weight excluding hydrogens is 391 g/mol. The highest BCUT2D eigenvalue weighted by molar-refractivity contribution is 7.41. The van der Waals surface area contributed by atoms with E-state index >= 15 is 0 Å². The summed E-state index contributed by atoms with van der Waals surface area (Å²) >= 11 is 0. The van der Waals surface area contributed by atoms with Crippen molar-refractivity contribution in [3.8, 4) is 16.9 Å². The predicted octanol–water partition coefficient (Wildman–Crippen LogP) is 8.02. The van der Waals surface area contributed by atoms with Gasteiger partial charge >= 0.3 is 8.60 Å². The molecule has 1 atom stereocenters. The molecule has 0 radical (unpaired) electrons. The van der Waals surface area contributed by atoms with E-state index in [-0.39, 0.29) is 0 Å². The zero-order valence-electron chi connectivity index (χ0n) is 19.2. The van der Waals surface area contributed by atoms with Gasteiger partial charge < -0.3 is 13.9 Å². The van der Waals surface area contributed by atoms with Crippen LogP contribution in [-0.4, -0.2) is 11.5 Å². The van der Waals surface area contributed by atoms with E-state index in [1.165, 1.54) is 47.9 Å². The molecule has 2 aromatic rings. The Morgan fingerprint density at radius 2 is 1.47 bits per heavy atom. The van der Waals surface area contributed by atoms with Gasteiger partial charge in [0.15, 0.2) is 0 Å². The molecule has 30 heavy (non-hydrogen) atoms. The van der Waals surface area contributed by atoms with E-state index in [4.69, 9.17) is 9.05 Å². The molecule has 0 fully saturated rings. The molecule has 1 N–H and O–H groups in total. The molecule has 0 aliphatic heterocycles. The van der Waals surface area contributed by atoms with Crippen LogP contribution in [0.1, 0.15) is 82.9 Å². The van der Waals surface area contributed by atoms with Gasteiger partial charge in [-0.15, -0.1) is 0 Å². The molecule has 0 aliphatic rings. The lowest BCUT2D eigenvalue weighted by Crippen LogP contribution is -2.04. The third kappa shape index (κ3) is 7.08. The van der Waals surface area contributed by atoms with Crippen LogP contribution in [0.3, 0.4) is 0 Å². The minimum Gasteiger partial charge on any atom is -0.426 e. The topological polar surface area (TPSA) is 38.7 Å². The Kier molecular flexibility index (Phi) is 11.4. The van der Waals surface area contributed by atoms with Gasteiger partial charge in [-0.05, 0) is 47.9 Å². The number of rotatable bonds is 14. The highest BCUT2D eigenvalue weighted by Crippen LogP contribution is 2.44. The van der Waals surface area contributed by atoms with Crippen LogP contribution in [0.25, 0.3) is 11.1 Å². The Bertz CT molecular complexity index is 746. The third-order valence-corrected chi connectivity index (χ3v) is 6.33. The lowest BCUT2D eigenvalue weighted by molar-refractivity contribution is 0.252. The average Bonchev–Trinajstić information content (AvgIpc) is 2.78. The van der Waals surface area contributed by atoms with E-state index in [0.717, 1.165) is 43.4 Å². The Morgan fingerprint density at radius 3 is 2.10 bits per heavy atom. The summed E-state index contributed by atoms with van der Waals surface area (Å²) in [5, 5.41) is 0. The van der Waals surface area contributed by atoms with Gasteiger partial charge in [-0.3, -0.25) is 0 Å². The fourth-order valence-corrected chi connectivity index (χ4v) is 4.66. The van der Waals surface area contributed by atoms with Crippen molar-refractivity contribution in [3.63, 3.8) is 0 Å². The van der Waals surface area contributed by atoms with Crippen molar-refractivity contribution in [2.24, 2.45) is 0 Å². The van der Waals surface area contributed by atoms with E-state index < -0.39 is 8.60 Å². The summed E-state index contributed by atoms with van der Waals surface area (Å²) in [4.78, 5) is 10.5. The SMILES string of the molecule is CCCCCCCCOP(O)Oc1c(CC)cc(CC)c(-c2ccccc2)c1CC. The number of hydrogen-bond donors (Lipinski definition) is 1. The second-order valence-corrected chi connectivity index (χ2v) is 8.65. The smallest absolute Gasteiger partial charge is 0.394 e. The minimum atomic E-state index is -1.92. The molecule has 2 aromatic carbocycles. The molecule has 1 unspecified atom stereocenters. The van der Waals surface area contributed by atoms with Crippen molar-refractivity contribution in [1.29, 1.82) is 0 Å². The number of benzene rings is 2. The van der Waals surface area contributed by atoms with Crippen molar-refractivity contribution < 1.29 is 13.9 Å². The number of aryl methyl sites for hydroxylation is 2. The molecule has 4 heteroatoms. The molecule has 0 heterocycles. The predicted molar refractivity (Wildman–Crippen MR) is 129 cm³/mol. The van der Waals surface area contributed by atoms with Gasteiger partial charge in [0.2, 0.25) is 0 Å². The Labute approximate surface area is 184 Å². The summed E-state index contributed by atoms with van der Waals surface area (Å²) in [5.74, 6) is 0.813. The molecular formula is C26H39O3P. The maximum atomic E-state index is 10.5. The molecule has 3 nitrogen and oxygen atoms in total. The summed E-state index contributed by atoms with van der Waals surface area (Å²) in [7, 11) is -1.92. The van der Waals surface area contributed by atoms with Crippen LogP contribution in [0.4, 0.5) is 0 Å². The summed E-state index contributed by atoms with van der Waals surface area (Å²) in [5.41, 5.74) is 6.09. The van der Waals surface area contributed by atoms with Gasteiger partial charge in [-0.1, -0.05) is 96.2 Å². The molecule has 2 rings (SSSR count). The van der Waals surface area contributed by atoms with Crippen LogP contribution in [0.15, 0.2) is 36.4 Å². The van der Waals surface area contributed by atoms with Crippen molar-refractivity contribution >= 4 is 8.60 Å². The molecule has 0 spiro atoms. The first kappa shape index (κ1) is 24.9. The third-order valence-electron chi connectivity index (χ3n) is 5.58. The van der Waals surface area contributed by atoms with E-state index in [0.29, 0.717) is 6.61 Å². The van der Waals surface area contributed by atoms with Crippen LogP contribution in [0, 0.1) is 0 Å². The number of unbranched alkanes of at least 4 members (excludes halogenated alkanes) is 5. The molecule has 0 bridgehead atoms. The van der Waals surface area contributed by atoms with Crippen LogP contribution < -0.4 is 4.52 Å². The highest BCUT2D eigenvalue weighted by Gasteiger charge is 2.21. The molecule has 166 valence electrons. The first-order valence-corrected chi connectivity index (χ1v) is 12.8. The lowest BCUT2D eigenvalue weighted by Gasteiger charge is -2.22. The van der Waals surface area contributed by atoms with E-state index in [2.05, 4.69) is 58.0 Å². The van der Waals surface area contributed by atoms with E-state index in [9.17, 15) is 4.89 Å². The van der Waals surface area contributed by atoms with Gasteiger partial charge in [-0.25, -0.2) is 0 Å².